The van der Waals surface area contributed by atoms with Crippen LogP contribution in [-0.4, -0.2) is 23.9 Å². The van der Waals surface area contributed by atoms with E-state index in [1.807, 2.05) is 0 Å². The number of rotatable bonds is 6. The van der Waals surface area contributed by atoms with Gasteiger partial charge in [0.25, 0.3) is 11.6 Å². The summed E-state index contributed by atoms with van der Waals surface area (Å²) in [5.41, 5.74) is -1.81. The van der Waals surface area contributed by atoms with E-state index in [0.717, 1.165) is 12.1 Å². The lowest BCUT2D eigenvalue weighted by molar-refractivity contribution is -0.384. The molecule has 1 aromatic heterocycles. The topological polar surface area (TPSA) is 84.3 Å². The average Bonchev–Trinajstić information content (AvgIpc) is 3.04. The van der Waals surface area contributed by atoms with Crippen molar-refractivity contribution in [1.82, 2.24) is 5.32 Å². The van der Waals surface area contributed by atoms with Crippen molar-refractivity contribution in [3.63, 3.8) is 0 Å². The molecule has 1 aromatic carbocycles. The van der Waals surface area contributed by atoms with Crippen molar-refractivity contribution < 1.29 is 22.9 Å². The second kappa shape index (κ2) is 7.30. The molecule has 0 radical (unpaired) electrons. The second-order valence-electron chi connectivity index (χ2n) is 4.65. The molecule has 0 fully saturated rings. The first-order valence-electron chi connectivity index (χ1n) is 6.70. The summed E-state index contributed by atoms with van der Waals surface area (Å²) in [7, 11) is 0. The van der Waals surface area contributed by atoms with E-state index in [4.69, 9.17) is 0 Å². The number of carbonyl (C=O) groups is 1. The third-order valence-electron chi connectivity index (χ3n) is 2.99. The zero-order valence-corrected chi connectivity index (χ0v) is 12.9. The van der Waals surface area contributed by atoms with Gasteiger partial charge in [-0.2, -0.15) is 13.2 Å². The van der Waals surface area contributed by atoms with Gasteiger partial charge >= 0.3 is 6.18 Å². The first-order valence-corrected chi connectivity index (χ1v) is 7.58. The fourth-order valence-electron chi connectivity index (χ4n) is 1.88. The Hall–Kier alpha value is -2.62. The molecule has 0 spiro atoms. The third-order valence-corrected chi connectivity index (χ3v) is 3.86. The Morgan fingerprint density at radius 3 is 2.58 bits per heavy atom. The standard InChI is InChI=1S/C14H12F3N3O3S/c15-14(16,17)9-3-4-10(11(8-9)20(22)23)18-5-6-19-13(21)12-2-1-7-24-12/h1-4,7-8,18H,5-6H2,(H,19,21). The van der Waals surface area contributed by atoms with Gasteiger partial charge in [0.1, 0.15) is 5.69 Å². The van der Waals surface area contributed by atoms with Crippen LogP contribution in [0.4, 0.5) is 24.5 Å². The minimum atomic E-state index is -4.65. The van der Waals surface area contributed by atoms with E-state index < -0.39 is 22.4 Å². The highest BCUT2D eigenvalue weighted by molar-refractivity contribution is 7.12. The smallest absolute Gasteiger partial charge is 0.378 e. The van der Waals surface area contributed by atoms with E-state index in [1.54, 1.807) is 17.5 Å². The lowest BCUT2D eigenvalue weighted by Gasteiger charge is -2.11. The summed E-state index contributed by atoms with van der Waals surface area (Å²) < 4.78 is 37.8. The highest BCUT2D eigenvalue weighted by atomic mass is 32.1. The van der Waals surface area contributed by atoms with Crippen molar-refractivity contribution >= 4 is 28.6 Å². The van der Waals surface area contributed by atoms with E-state index in [1.165, 1.54) is 11.3 Å². The molecule has 0 atom stereocenters. The van der Waals surface area contributed by atoms with Crippen molar-refractivity contribution in [1.29, 1.82) is 0 Å². The number of alkyl halides is 3. The van der Waals surface area contributed by atoms with Gasteiger partial charge in [-0.1, -0.05) is 6.07 Å². The summed E-state index contributed by atoms with van der Waals surface area (Å²) in [6, 6.07) is 5.62. The molecule has 24 heavy (non-hydrogen) atoms. The van der Waals surface area contributed by atoms with Crippen LogP contribution in [0.25, 0.3) is 0 Å². The van der Waals surface area contributed by atoms with E-state index >= 15 is 0 Å². The second-order valence-corrected chi connectivity index (χ2v) is 5.59. The largest absolute Gasteiger partial charge is 0.416 e. The summed E-state index contributed by atoms with van der Waals surface area (Å²) in [6.45, 7) is 0.290. The number of halogens is 3. The van der Waals surface area contributed by atoms with E-state index in [9.17, 15) is 28.1 Å². The number of hydrogen-bond donors (Lipinski definition) is 2. The summed E-state index contributed by atoms with van der Waals surface area (Å²) in [6.07, 6.45) is -4.65. The molecular weight excluding hydrogens is 347 g/mol. The lowest BCUT2D eigenvalue weighted by atomic mass is 10.1. The summed E-state index contributed by atoms with van der Waals surface area (Å²) in [5.74, 6) is -0.284. The molecule has 0 unspecified atom stereocenters. The Bertz CT molecular complexity index is 733. The Balaban J connectivity index is 1.97. The van der Waals surface area contributed by atoms with Crippen LogP contribution in [0.3, 0.4) is 0 Å². The van der Waals surface area contributed by atoms with Crippen molar-refractivity contribution in [2.24, 2.45) is 0 Å². The number of nitrogens with zero attached hydrogens (tertiary/aromatic N) is 1. The number of nitro benzene ring substituents is 1. The van der Waals surface area contributed by atoms with Gasteiger partial charge in [-0.05, 0) is 23.6 Å². The maximum absolute atomic E-state index is 12.6. The van der Waals surface area contributed by atoms with Gasteiger partial charge in [-0.15, -0.1) is 11.3 Å². The van der Waals surface area contributed by atoms with Crippen LogP contribution in [0.15, 0.2) is 35.7 Å². The molecule has 10 heteroatoms. The summed E-state index contributed by atoms with van der Waals surface area (Å²) >= 11 is 1.27. The van der Waals surface area contributed by atoms with Gasteiger partial charge in [-0.3, -0.25) is 14.9 Å². The molecule has 1 amide bonds. The maximum atomic E-state index is 12.6. The van der Waals surface area contributed by atoms with E-state index in [0.29, 0.717) is 10.9 Å². The molecule has 1 heterocycles. The molecule has 0 saturated heterocycles. The van der Waals surface area contributed by atoms with Gasteiger partial charge in [0.15, 0.2) is 0 Å². The van der Waals surface area contributed by atoms with Gasteiger partial charge in [0, 0.05) is 19.2 Å². The fourth-order valence-corrected chi connectivity index (χ4v) is 2.52. The molecule has 6 nitrogen and oxygen atoms in total. The predicted molar refractivity (Wildman–Crippen MR) is 83.2 cm³/mol. The Labute approximate surface area is 138 Å². The maximum Gasteiger partial charge on any atom is 0.416 e. The quantitative estimate of drug-likeness (QED) is 0.470. The zero-order valence-electron chi connectivity index (χ0n) is 12.1. The normalized spacial score (nSPS) is 11.1. The number of carbonyl (C=O) groups excluding carboxylic acids is 1. The van der Waals surface area contributed by atoms with Crippen LogP contribution in [0, 0.1) is 10.1 Å². The Morgan fingerprint density at radius 2 is 2.00 bits per heavy atom. The van der Waals surface area contributed by atoms with Crippen molar-refractivity contribution in [3.05, 3.63) is 56.3 Å². The molecular formula is C14H12F3N3O3S. The number of nitro groups is 1. The van der Waals surface area contributed by atoms with Gasteiger partial charge < -0.3 is 10.6 Å². The van der Waals surface area contributed by atoms with Gasteiger partial charge in [-0.25, -0.2) is 0 Å². The van der Waals surface area contributed by atoms with Crippen molar-refractivity contribution in [2.75, 3.05) is 18.4 Å². The van der Waals surface area contributed by atoms with Crippen molar-refractivity contribution in [2.45, 2.75) is 6.18 Å². The first-order chi connectivity index (χ1) is 11.3. The number of amides is 1. The van der Waals surface area contributed by atoms with Crippen LogP contribution in [0.1, 0.15) is 15.2 Å². The number of thiophene rings is 1. The molecule has 0 bridgehead atoms. The Morgan fingerprint density at radius 1 is 1.25 bits per heavy atom. The van der Waals surface area contributed by atoms with Gasteiger partial charge in [0.05, 0.1) is 15.4 Å². The van der Waals surface area contributed by atoms with E-state index in [2.05, 4.69) is 10.6 Å². The summed E-state index contributed by atoms with van der Waals surface area (Å²) in [5, 5.41) is 17.9. The molecule has 0 aliphatic heterocycles. The molecule has 128 valence electrons. The van der Waals surface area contributed by atoms with Gasteiger partial charge in [0.2, 0.25) is 0 Å². The SMILES string of the molecule is O=C(NCCNc1ccc(C(F)(F)F)cc1[N+](=O)[O-])c1cccs1. The van der Waals surface area contributed by atoms with Crippen LogP contribution < -0.4 is 10.6 Å². The number of hydrogen-bond acceptors (Lipinski definition) is 5. The monoisotopic (exact) mass is 359 g/mol. The molecule has 2 rings (SSSR count). The average molecular weight is 359 g/mol. The summed E-state index contributed by atoms with van der Waals surface area (Å²) in [4.78, 5) is 22.2. The van der Waals surface area contributed by atoms with Crippen molar-refractivity contribution in [3.8, 4) is 0 Å². The van der Waals surface area contributed by atoms with Crippen LogP contribution in [0.5, 0.6) is 0 Å². The molecule has 0 aliphatic rings. The highest BCUT2D eigenvalue weighted by Crippen LogP contribution is 2.34. The minimum absolute atomic E-state index is 0.0432. The minimum Gasteiger partial charge on any atom is -0.378 e. The molecule has 2 aromatic rings. The number of benzene rings is 1. The molecule has 0 aliphatic carbocycles. The van der Waals surface area contributed by atoms with Crippen LogP contribution in [0.2, 0.25) is 0 Å². The van der Waals surface area contributed by atoms with Crippen LogP contribution >= 0.6 is 11.3 Å². The predicted octanol–water partition coefficient (Wildman–Crippen LogP) is 3.52. The number of anilines is 1. The fraction of sp³-hybridized carbons (Fsp3) is 0.214. The number of nitrogens with one attached hydrogen (secondary N) is 2. The van der Waals surface area contributed by atoms with E-state index in [-0.39, 0.29) is 24.7 Å². The third kappa shape index (κ3) is 4.44. The highest BCUT2D eigenvalue weighted by Gasteiger charge is 2.32. The van der Waals surface area contributed by atoms with Crippen LogP contribution in [-0.2, 0) is 6.18 Å². The Kier molecular flexibility index (Phi) is 5.39. The zero-order chi connectivity index (χ0) is 17.7. The first kappa shape index (κ1) is 17.7. The molecule has 0 saturated carbocycles. The lowest BCUT2D eigenvalue weighted by Crippen LogP contribution is -2.28. The molecule has 2 N–H and O–H groups in total.